The Labute approximate surface area is 188 Å². The van der Waals surface area contributed by atoms with E-state index >= 15 is 0 Å². The number of nitrogens with zero attached hydrogens (tertiary/aromatic N) is 6. The molecule has 0 aliphatic carbocycles. The topological polar surface area (TPSA) is 87.0 Å². The summed E-state index contributed by atoms with van der Waals surface area (Å²) >= 11 is 0. The molecule has 8 nitrogen and oxygen atoms in total. The highest BCUT2D eigenvalue weighted by atomic mass is 127. The van der Waals surface area contributed by atoms with Crippen molar-refractivity contribution < 1.29 is 0 Å². The fraction of sp³-hybridized carbons (Fsp3) is 0.300. The van der Waals surface area contributed by atoms with Crippen molar-refractivity contribution in [3.05, 3.63) is 66.7 Å². The summed E-state index contributed by atoms with van der Waals surface area (Å²) in [5, 5.41) is 11.5. The van der Waals surface area contributed by atoms with Crippen LogP contribution in [-0.4, -0.2) is 49.2 Å². The Morgan fingerprint density at radius 1 is 1.31 bits per heavy atom. The molecule has 0 radical (unpaired) electrons. The van der Waals surface area contributed by atoms with Crippen LogP contribution in [0.5, 0.6) is 0 Å². The molecular formula is C20H27IN8. The molecule has 0 saturated carbocycles. The second-order valence-electron chi connectivity index (χ2n) is 6.50. The fourth-order valence-electron chi connectivity index (χ4n) is 2.72. The molecule has 29 heavy (non-hydrogen) atoms. The number of rotatable bonds is 7. The monoisotopic (exact) mass is 506 g/mol. The van der Waals surface area contributed by atoms with E-state index < -0.39 is 0 Å². The number of hydrogen-bond donors (Lipinski definition) is 2. The van der Waals surface area contributed by atoms with Gasteiger partial charge in [0.05, 0.1) is 18.4 Å². The Bertz CT molecular complexity index is 945. The molecule has 0 amide bonds. The number of halogens is 1. The van der Waals surface area contributed by atoms with E-state index in [4.69, 9.17) is 0 Å². The zero-order valence-corrected chi connectivity index (χ0v) is 19.3. The van der Waals surface area contributed by atoms with Crippen molar-refractivity contribution in [2.45, 2.75) is 20.0 Å². The number of nitrogens with one attached hydrogen (secondary N) is 2. The van der Waals surface area contributed by atoms with E-state index in [1.165, 1.54) is 0 Å². The number of guanidine groups is 1. The van der Waals surface area contributed by atoms with Gasteiger partial charge in [-0.1, -0.05) is 36.4 Å². The lowest BCUT2D eigenvalue weighted by molar-refractivity contribution is 0.464. The number of aliphatic imine (C=N–C) groups is 1. The average Bonchev–Trinajstić information content (AvgIpc) is 3.30. The predicted octanol–water partition coefficient (Wildman–Crippen LogP) is 2.90. The Morgan fingerprint density at radius 2 is 2.07 bits per heavy atom. The highest BCUT2D eigenvalue weighted by Gasteiger charge is 2.11. The van der Waals surface area contributed by atoms with Gasteiger partial charge in [-0.2, -0.15) is 0 Å². The molecule has 154 valence electrons. The van der Waals surface area contributed by atoms with Gasteiger partial charge >= 0.3 is 0 Å². The minimum atomic E-state index is 0. The summed E-state index contributed by atoms with van der Waals surface area (Å²) < 4.78 is 1.94. The van der Waals surface area contributed by atoms with Crippen LogP contribution in [0.1, 0.15) is 17.5 Å². The first kappa shape index (κ1) is 22.6. The largest absolute Gasteiger partial charge is 0.353 e. The molecule has 0 aliphatic rings. The lowest BCUT2D eigenvalue weighted by Gasteiger charge is -2.21. The third-order valence-electron chi connectivity index (χ3n) is 4.42. The third-order valence-corrected chi connectivity index (χ3v) is 4.42. The highest BCUT2D eigenvalue weighted by molar-refractivity contribution is 14.0. The van der Waals surface area contributed by atoms with Crippen molar-refractivity contribution in [2.75, 3.05) is 13.6 Å². The van der Waals surface area contributed by atoms with E-state index in [0.29, 0.717) is 19.6 Å². The van der Waals surface area contributed by atoms with Crippen molar-refractivity contribution in [3.8, 4) is 11.3 Å². The van der Waals surface area contributed by atoms with Gasteiger partial charge in [-0.05, 0) is 12.5 Å². The first-order valence-corrected chi connectivity index (χ1v) is 9.13. The summed E-state index contributed by atoms with van der Waals surface area (Å²) in [7, 11) is 3.91. The summed E-state index contributed by atoms with van der Waals surface area (Å²) in [6.45, 7) is 7.34. The van der Waals surface area contributed by atoms with Gasteiger partial charge in [0.15, 0.2) is 11.8 Å². The Balaban J connectivity index is 0.00000300. The van der Waals surface area contributed by atoms with E-state index in [0.717, 1.165) is 34.7 Å². The molecule has 0 bridgehead atoms. The van der Waals surface area contributed by atoms with E-state index in [1.54, 1.807) is 6.08 Å². The molecule has 0 atom stereocenters. The van der Waals surface area contributed by atoms with Crippen LogP contribution in [0, 0.1) is 6.92 Å². The van der Waals surface area contributed by atoms with Crippen LogP contribution in [0.25, 0.3) is 11.3 Å². The Morgan fingerprint density at radius 3 is 2.72 bits per heavy atom. The molecule has 0 spiro atoms. The molecule has 0 unspecified atom stereocenters. The third kappa shape index (κ3) is 5.89. The van der Waals surface area contributed by atoms with E-state index in [2.05, 4.69) is 49.2 Å². The number of benzene rings is 1. The molecule has 3 aromatic rings. The van der Waals surface area contributed by atoms with Crippen molar-refractivity contribution in [1.82, 2.24) is 34.9 Å². The molecule has 3 rings (SSSR count). The molecule has 9 heteroatoms. The zero-order chi connectivity index (χ0) is 19.9. The highest BCUT2D eigenvalue weighted by Crippen LogP contribution is 2.16. The Hall–Kier alpha value is -2.69. The quantitative estimate of drug-likeness (QED) is 0.223. The smallest absolute Gasteiger partial charge is 0.194 e. The van der Waals surface area contributed by atoms with Gasteiger partial charge in [-0.3, -0.25) is 0 Å². The van der Waals surface area contributed by atoms with Crippen LogP contribution in [0.4, 0.5) is 0 Å². The number of aryl methyl sites for hydroxylation is 1. The number of aromatic nitrogens is 5. The molecule has 2 N–H and O–H groups in total. The lowest BCUT2D eigenvalue weighted by Crippen LogP contribution is -2.39. The van der Waals surface area contributed by atoms with Gasteiger partial charge in [0.1, 0.15) is 18.2 Å². The summed E-state index contributed by atoms with van der Waals surface area (Å²) in [6, 6.07) is 10.1. The summed E-state index contributed by atoms with van der Waals surface area (Å²) in [4.78, 5) is 14.6. The standard InChI is InChI=1S/C20H26N8.HI/c1-5-11-21-20(23-13-19-26-25-15(2)28(19)4)27(3)14-18-22-12-17(24-18)16-9-7-6-8-10-16;/h5-10,12H,1,11,13-14H2,2-4H3,(H,21,23)(H,22,24);1H. The number of aromatic amines is 1. The van der Waals surface area contributed by atoms with Gasteiger partial charge in [-0.15, -0.1) is 40.8 Å². The van der Waals surface area contributed by atoms with Gasteiger partial charge < -0.3 is 19.8 Å². The predicted molar refractivity (Wildman–Crippen MR) is 126 cm³/mol. The summed E-state index contributed by atoms with van der Waals surface area (Å²) in [6.07, 6.45) is 3.66. The van der Waals surface area contributed by atoms with Gasteiger partial charge in [-0.25, -0.2) is 9.98 Å². The lowest BCUT2D eigenvalue weighted by atomic mass is 10.2. The maximum Gasteiger partial charge on any atom is 0.194 e. The van der Waals surface area contributed by atoms with Gasteiger partial charge in [0.2, 0.25) is 0 Å². The van der Waals surface area contributed by atoms with Crippen LogP contribution in [0.2, 0.25) is 0 Å². The first-order chi connectivity index (χ1) is 13.6. The normalized spacial score (nSPS) is 11.1. The van der Waals surface area contributed by atoms with Crippen molar-refractivity contribution in [1.29, 1.82) is 0 Å². The van der Waals surface area contributed by atoms with Crippen molar-refractivity contribution >= 4 is 29.9 Å². The zero-order valence-electron chi connectivity index (χ0n) is 17.0. The minimum Gasteiger partial charge on any atom is -0.353 e. The number of imidazole rings is 1. The van der Waals surface area contributed by atoms with Crippen LogP contribution in [-0.2, 0) is 20.1 Å². The van der Waals surface area contributed by atoms with Crippen LogP contribution < -0.4 is 5.32 Å². The fourth-order valence-corrected chi connectivity index (χ4v) is 2.72. The second-order valence-corrected chi connectivity index (χ2v) is 6.50. The molecule has 0 fully saturated rings. The molecule has 0 aliphatic heterocycles. The average molecular weight is 506 g/mol. The maximum atomic E-state index is 4.69. The molecule has 1 aromatic carbocycles. The number of H-pyrrole nitrogens is 1. The van der Waals surface area contributed by atoms with E-state index in [1.807, 2.05) is 54.9 Å². The summed E-state index contributed by atoms with van der Waals surface area (Å²) in [5.74, 6) is 3.29. The maximum absolute atomic E-state index is 4.69. The van der Waals surface area contributed by atoms with Crippen molar-refractivity contribution in [3.63, 3.8) is 0 Å². The van der Waals surface area contributed by atoms with Gasteiger partial charge in [0, 0.05) is 20.6 Å². The molecule has 0 saturated heterocycles. The first-order valence-electron chi connectivity index (χ1n) is 9.13. The van der Waals surface area contributed by atoms with Crippen LogP contribution in [0.15, 0.2) is 54.2 Å². The second kappa shape index (κ2) is 10.7. The summed E-state index contributed by atoms with van der Waals surface area (Å²) in [5.41, 5.74) is 2.11. The van der Waals surface area contributed by atoms with E-state index in [9.17, 15) is 0 Å². The molecule has 2 heterocycles. The SMILES string of the molecule is C=CCNC(=NCc1nnc(C)n1C)N(C)Cc1ncc(-c2ccccc2)[nH]1.I. The van der Waals surface area contributed by atoms with Crippen molar-refractivity contribution in [2.24, 2.45) is 12.0 Å². The van der Waals surface area contributed by atoms with Gasteiger partial charge in [0.25, 0.3) is 0 Å². The Kier molecular flexibility index (Phi) is 8.37. The molecular weight excluding hydrogens is 479 g/mol. The van der Waals surface area contributed by atoms with E-state index in [-0.39, 0.29) is 24.0 Å². The van der Waals surface area contributed by atoms with Crippen LogP contribution in [0.3, 0.4) is 0 Å². The molecule has 2 aromatic heterocycles. The minimum absolute atomic E-state index is 0. The number of hydrogen-bond acceptors (Lipinski definition) is 4. The van der Waals surface area contributed by atoms with Crippen LogP contribution >= 0.6 is 24.0 Å².